The van der Waals surface area contributed by atoms with Crippen LogP contribution >= 0.6 is 0 Å². The van der Waals surface area contributed by atoms with E-state index in [0.29, 0.717) is 26.1 Å². The number of aromatic nitrogens is 2. The van der Waals surface area contributed by atoms with Gasteiger partial charge in [-0.2, -0.15) is 0 Å². The summed E-state index contributed by atoms with van der Waals surface area (Å²) in [6, 6.07) is 7.93. The fourth-order valence-electron chi connectivity index (χ4n) is 2.22. The Hall–Kier alpha value is -1.43. The van der Waals surface area contributed by atoms with Gasteiger partial charge >= 0.3 is 0 Å². The molecule has 0 amide bonds. The monoisotopic (exact) mass is 277 g/mol. The van der Waals surface area contributed by atoms with Crippen molar-refractivity contribution < 1.29 is 9.84 Å². The van der Waals surface area contributed by atoms with Crippen molar-refractivity contribution in [2.24, 2.45) is 5.73 Å². The largest absolute Gasteiger partial charge is 0.389 e. The summed E-state index contributed by atoms with van der Waals surface area (Å²) in [5.41, 5.74) is 7.61. The van der Waals surface area contributed by atoms with Crippen LogP contribution in [0.5, 0.6) is 0 Å². The lowest BCUT2D eigenvalue weighted by Crippen LogP contribution is -2.25. The Morgan fingerprint density at radius 1 is 1.35 bits per heavy atom. The average Bonchev–Trinajstić information content (AvgIpc) is 2.75. The van der Waals surface area contributed by atoms with Gasteiger partial charge < -0.3 is 20.1 Å². The molecule has 1 unspecified atom stereocenters. The molecule has 1 aromatic carbocycles. The first-order valence-corrected chi connectivity index (χ1v) is 7.05. The standard InChI is InChI=1S/C15H23N3O2/c1-11(2)20-10-12(19)9-18-14-6-4-3-5-13(14)17-15(18)7-8-16/h3-6,11-12,19H,7-10,16H2,1-2H3. The van der Waals surface area contributed by atoms with Crippen molar-refractivity contribution in [3.63, 3.8) is 0 Å². The lowest BCUT2D eigenvalue weighted by molar-refractivity contribution is -0.000551. The van der Waals surface area contributed by atoms with Crippen LogP contribution in [0, 0.1) is 0 Å². The van der Waals surface area contributed by atoms with Gasteiger partial charge in [0, 0.05) is 6.42 Å². The van der Waals surface area contributed by atoms with Crippen LogP contribution in [0.25, 0.3) is 11.0 Å². The second-order valence-corrected chi connectivity index (χ2v) is 5.20. The third-order valence-corrected chi connectivity index (χ3v) is 3.12. The number of aliphatic hydroxyl groups excluding tert-OH is 1. The lowest BCUT2D eigenvalue weighted by Gasteiger charge is -2.16. The van der Waals surface area contributed by atoms with Gasteiger partial charge in [-0.1, -0.05) is 12.1 Å². The molecule has 0 aliphatic rings. The summed E-state index contributed by atoms with van der Waals surface area (Å²) in [4.78, 5) is 4.58. The molecule has 2 rings (SSSR count). The smallest absolute Gasteiger partial charge is 0.111 e. The Kier molecular flexibility index (Phi) is 5.11. The number of fused-ring (bicyclic) bond motifs is 1. The molecule has 0 saturated heterocycles. The molecule has 0 saturated carbocycles. The number of nitrogens with zero attached hydrogens (tertiary/aromatic N) is 2. The Labute approximate surface area is 119 Å². The Bertz CT molecular complexity index is 551. The average molecular weight is 277 g/mol. The topological polar surface area (TPSA) is 73.3 Å². The normalized spacial score (nSPS) is 13.2. The van der Waals surface area contributed by atoms with Crippen LogP contribution in [0.1, 0.15) is 19.7 Å². The number of benzene rings is 1. The van der Waals surface area contributed by atoms with Crippen molar-refractivity contribution in [2.75, 3.05) is 13.2 Å². The van der Waals surface area contributed by atoms with Crippen LogP contribution in [0.4, 0.5) is 0 Å². The maximum atomic E-state index is 10.1. The van der Waals surface area contributed by atoms with E-state index in [0.717, 1.165) is 16.9 Å². The van der Waals surface area contributed by atoms with Crippen molar-refractivity contribution >= 4 is 11.0 Å². The van der Waals surface area contributed by atoms with E-state index in [1.807, 2.05) is 42.7 Å². The fourth-order valence-corrected chi connectivity index (χ4v) is 2.22. The molecule has 1 aromatic heterocycles. The number of imidazole rings is 1. The predicted molar refractivity (Wildman–Crippen MR) is 79.6 cm³/mol. The van der Waals surface area contributed by atoms with Gasteiger partial charge in [0.25, 0.3) is 0 Å². The van der Waals surface area contributed by atoms with Gasteiger partial charge in [0.05, 0.1) is 36.4 Å². The highest BCUT2D eigenvalue weighted by molar-refractivity contribution is 5.75. The van der Waals surface area contributed by atoms with Gasteiger partial charge in [-0.15, -0.1) is 0 Å². The predicted octanol–water partition coefficient (Wildman–Crippen LogP) is 1.32. The Morgan fingerprint density at radius 3 is 2.80 bits per heavy atom. The quantitative estimate of drug-likeness (QED) is 0.800. The Morgan fingerprint density at radius 2 is 2.10 bits per heavy atom. The van der Waals surface area contributed by atoms with E-state index in [4.69, 9.17) is 10.5 Å². The first kappa shape index (κ1) is 15.0. The van der Waals surface area contributed by atoms with E-state index in [1.165, 1.54) is 0 Å². The molecule has 0 fully saturated rings. The zero-order chi connectivity index (χ0) is 14.5. The first-order chi connectivity index (χ1) is 9.61. The minimum atomic E-state index is -0.550. The molecular formula is C15H23N3O2. The molecule has 5 heteroatoms. The van der Waals surface area contributed by atoms with Crippen molar-refractivity contribution in [1.29, 1.82) is 0 Å². The third-order valence-electron chi connectivity index (χ3n) is 3.12. The van der Waals surface area contributed by atoms with E-state index in [2.05, 4.69) is 4.98 Å². The summed E-state index contributed by atoms with van der Waals surface area (Å²) in [6.07, 6.45) is 0.270. The molecule has 5 nitrogen and oxygen atoms in total. The SMILES string of the molecule is CC(C)OCC(O)Cn1c(CCN)nc2ccccc21. The van der Waals surface area contributed by atoms with Crippen molar-refractivity contribution in [1.82, 2.24) is 9.55 Å². The molecular weight excluding hydrogens is 254 g/mol. The molecule has 1 atom stereocenters. The first-order valence-electron chi connectivity index (χ1n) is 7.05. The highest BCUT2D eigenvalue weighted by Gasteiger charge is 2.14. The van der Waals surface area contributed by atoms with E-state index >= 15 is 0 Å². The van der Waals surface area contributed by atoms with Gasteiger partial charge in [-0.05, 0) is 32.5 Å². The van der Waals surface area contributed by atoms with E-state index in [-0.39, 0.29) is 6.10 Å². The van der Waals surface area contributed by atoms with Gasteiger partial charge in [0.15, 0.2) is 0 Å². The molecule has 0 aliphatic heterocycles. The van der Waals surface area contributed by atoms with Crippen molar-refractivity contribution in [3.8, 4) is 0 Å². The Balaban J connectivity index is 2.20. The molecule has 110 valence electrons. The molecule has 3 N–H and O–H groups in total. The number of hydrogen-bond donors (Lipinski definition) is 2. The maximum absolute atomic E-state index is 10.1. The zero-order valence-electron chi connectivity index (χ0n) is 12.1. The summed E-state index contributed by atoms with van der Waals surface area (Å²) >= 11 is 0. The maximum Gasteiger partial charge on any atom is 0.111 e. The van der Waals surface area contributed by atoms with Crippen LogP contribution in [-0.2, 0) is 17.7 Å². The minimum absolute atomic E-state index is 0.118. The number of nitrogens with two attached hydrogens (primary N) is 1. The number of aliphatic hydroxyl groups is 1. The lowest BCUT2D eigenvalue weighted by atomic mass is 10.3. The molecule has 0 bridgehead atoms. The molecule has 1 heterocycles. The van der Waals surface area contributed by atoms with E-state index in [1.54, 1.807) is 0 Å². The van der Waals surface area contributed by atoms with Gasteiger partial charge in [0.2, 0.25) is 0 Å². The van der Waals surface area contributed by atoms with Crippen LogP contribution in [0.2, 0.25) is 0 Å². The zero-order valence-corrected chi connectivity index (χ0v) is 12.1. The second kappa shape index (κ2) is 6.83. The van der Waals surface area contributed by atoms with Crippen LogP contribution in [0.15, 0.2) is 24.3 Å². The number of para-hydroxylation sites is 2. The van der Waals surface area contributed by atoms with Crippen molar-refractivity contribution in [3.05, 3.63) is 30.1 Å². The number of ether oxygens (including phenoxy) is 1. The number of hydrogen-bond acceptors (Lipinski definition) is 4. The third kappa shape index (κ3) is 3.56. The molecule has 0 aliphatic carbocycles. The summed E-state index contributed by atoms with van der Waals surface area (Å²) in [6.45, 7) is 5.26. The summed E-state index contributed by atoms with van der Waals surface area (Å²) < 4.78 is 7.49. The van der Waals surface area contributed by atoms with Gasteiger partial charge in [-0.3, -0.25) is 0 Å². The fraction of sp³-hybridized carbons (Fsp3) is 0.533. The van der Waals surface area contributed by atoms with Crippen molar-refractivity contribution in [2.45, 2.75) is 39.0 Å². The summed E-state index contributed by atoms with van der Waals surface area (Å²) in [5.74, 6) is 0.914. The second-order valence-electron chi connectivity index (χ2n) is 5.20. The van der Waals surface area contributed by atoms with E-state index < -0.39 is 6.10 Å². The summed E-state index contributed by atoms with van der Waals surface area (Å²) in [5, 5.41) is 10.1. The molecule has 2 aromatic rings. The number of rotatable bonds is 7. The molecule has 20 heavy (non-hydrogen) atoms. The van der Waals surface area contributed by atoms with Crippen LogP contribution in [-0.4, -0.2) is 40.0 Å². The highest BCUT2D eigenvalue weighted by Crippen LogP contribution is 2.17. The minimum Gasteiger partial charge on any atom is -0.389 e. The van der Waals surface area contributed by atoms with Gasteiger partial charge in [0.1, 0.15) is 5.82 Å². The summed E-state index contributed by atoms with van der Waals surface area (Å²) in [7, 11) is 0. The van der Waals surface area contributed by atoms with E-state index in [9.17, 15) is 5.11 Å². The van der Waals surface area contributed by atoms with Crippen LogP contribution in [0.3, 0.4) is 0 Å². The van der Waals surface area contributed by atoms with Gasteiger partial charge in [-0.25, -0.2) is 4.98 Å². The molecule has 0 spiro atoms. The molecule has 0 radical (unpaired) electrons. The van der Waals surface area contributed by atoms with Crippen LogP contribution < -0.4 is 5.73 Å². The highest BCUT2D eigenvalue weighted by atomic mass is 16.5.